The fourth-order valence-electron chi connectivity index (χ4n) is 2.26. The summed E-state index contributed by atoms with van der Waals surface area (Å²) in [4.78, 5) is 25.3. The molecule has 130 valence electrons. The maximum absolute atomic E-state index is 13.3. The minimum Gasteiger partial charge on any atom is -0.451 e. The lowest BCUT2D eigenvalue weighted by Gasteiger charge is -2.12. The molecule has 1 aromatic carbocycles. The minimum absolute atomic E-state index is 0.154. The summed E-state index contributed by atoms with van der Waals surface area (Å²) in [6.45, 7) is 1.44. The summed E-state index contributed by atoms with van der Waals surface area (Å²) in [6.07, 6.45) is 0. The number of hydrogen-bond donors (Lipinski definition) is 1. The third-order valence-corrected chi connectivity index (χ3v) is 6.15. The van der Waals surface area contributed by atoms with Crippen LogP contribution in [0, 0.1) is 5.82 Å². The van der Waals surface area contributed by atoms with Crippen LogP contribution >= 0.6 is 34.3 Å². The van der Waals surface area contributed by atoms with Crippen molar-refractivity contribution in [1.29, 1.82) is 0 Å². The Kier molecular flexibility index (Phi) is 5.36. The number of nitrogens with one attached hydrogen (secondary N) is 1. The number of carbonyl (C=O) groups is 2. The summed E-state index contributed by atoms with van der Waals surface area (Å²) in [5.41, 5.74) is 0. The number of carbonyl (C=O) groups excluding carboxylic acids is 2. The highest BCUT2D eigenvalue weighted by Gasteiger charge is 2.20. The molecule has 25 heavy (non-hydrogen) atoms. The molecule has 0 spiro atoms. The van der Waals surface area contributed by atoms with E-state index in [1.54, 1.807) is 0 Å². The van der Waals surface area contributed by atoms with Gasteiger partial charge in [0, 0.05) is 15.0 Å². The standard InChI is InChI=1S/C17H13ClFNO3S2/c1-9(12-3-2-6-24-12)20-14(21)8-23-17(22)16-15(18)11-5-4-10(19)7-13(11)25-16/h2-7,9H,8H2,1H3,(H,20,21)/t9-/m1/s1. The summed E-state index contributed by atoms with van der Waals surface area (Å²) in [5, 5.41) is 5.46. The molecule has 3 aromatic rings. The molecule has 0 radical (unpaired) electrons. The summed E-state index contributed by atoms with van der Waals surface area (Å²) in [5.74, 6) is -1.52. The van der Waals surface area contributed by atoms with Crippen molar-refractivity contribution in [2.75, 3.05) is 6.61 Å². The molecule has 0 unspecified atom stereocenters. The number of amides is 1. The minimum atomic E-state index is -0.703. The van der Waals surface area contributed by atoms with Gasteiger partial charge in [-0.2, -0.15) is 0 Å². The van der Waals surface area contributed by atoms with Crippen molar-refractivity contribution in [3.8, 4) is 0 Å². The lowest BCUT2D eigenvalue weighted by molar-refractivity contribution is -0.124. The second-order valence-electron chi connectivity index (χ2n) is 5.27. The van der Waals surface area contributed by atoms with E-state index in [1.807, 2.05) is 24.4 Å². The maximum Gasteiger partial charge on any atom is 0.350 e. The first-order chi connectivity index (χ1) is 12.0. The number of benzene rings is 1. The molecule has 0 saturated heterocycles. The highest BCUT2D eigenvalue weighted by Crippen LogP contribution is 2.36. The smallest absolute Gasteiger partial charge is 0.350 e. The van der Waals surface area contributed by atoms with E-state index in [0.717, 1.165) is 16.2 Å². The first-order valence-electron chi connectivity index (χ1n) is 7.33. The average molecular weight is 398 g/mol. The van der Waals surface area contributed by atoms with Crippen LogP contribution in [0.15, 0.2) is 35.7 Å². The second kappa shape index (κ2) is 7.51. The van der Waals surface area contributed by atoms with Crippen molar-refractivity contribution >= 4 is 56.2 Å². The summed E-state index contributed by atoms with van der Waals surface area (Å²) >= 11 is 8.72. The van der Waals surface area contributed by atoms with Gasteiger partial charge >= 0.3 is 5.97 Å². The van der Waals surface area contributed by atoms with Crippen molar-refractivity contribution in [1.82, 2.24) is 5.32 Å². The molecule has 2 heterocycles. The zero-order chi connectivity index (χ0) is 18.0. The Labute approximate surface area is 156 Å². The van der Waals surface area contributed by atoms with E-state index in [2.05, 4.69) is 5.32 Å². The Hall–Kier alpha value is -1.96. The van der Waals surface area contributed by atoms with Gasteiger partial charge in [-0.1, -0.05) is 17.7 Å². The van der Waals surface area contributed by atoms with E-state index in [9.17, 15) is 14.0 Å². The van der Waals surface area contributed by atoms with Crippen LogP contribution in [-0.2, 0) is 9.53 Å². The molecule has 3 rings (SSSR count). The monoisotopic (exact) mass is 397 g/mol. The third-order valence-electron chi connectivity index (χ3n) is 3.46. The van der Waals surface area contributed by atoms with Crippen LogP contribution in [0.2, 0.25) is 5.02 Å². The first-order valence-corrected chi connectivity index (χ1v) is 9.40. The van der Waals surface area contributed by atoms with Gasteiger partial charge in [-0.3, -0.25) is 4.79 Å². The molecule has 0 bridgehead atoms. The highest BCUT2D eigenvalue weighted by atomic mass is 35.5. The van der Waals surface area contributed by atoms with E-state index in [1.165, 1.54) is 29.5 Å². The normalized spacial score (nSPS) is 12.1. The molecule has 0 fully saturated rings. The Morgan fingerprint density at radius 3 is 2.88 bits per heavy atom. The maximum atomic E-state index is 13.3. The van der Waals surface area contributed by atoms with E-state index < -0.39 is 24.3 Å². The number of hydrogen-bond acceptors (Lipinski definition) is 5. The van der Waals surface area contributed by atoms with Crippen molar-refractivity contribution in [3.05, 3.63) is 56.3 Å². The van der Waals surface area contributed by atoms with Gasteiger partial charge in [-0.25, -0.2) is 9.18 Å². The van der Waals surface area contributed by atoms with Gasteiger partial charge in [0.25, 0.3) is 5.91 Å². The van der Waals surface area contributed by atoms with Gasteiger partial charge in [0.15, 0.2) is 6.61 Å². The van der Waals surface area contributed by atoms with Crippen LogP contribution in [0.25, 0.3) is 10.1 Å². The highest BCUT2D eigenvalue weighted by molar-refractivity contribution is 7.21. The van der Waals surface area contributed by atoms with Crippen molar-refractivity contribution < 1.29 is 18.7 Å². The number of esters is 1. The van der Waals surface area contributed by atoms with Crippen LogP contribution in [0.3, 0.4) is 0 Å². The topological polar surface area (TPSA) is 55.4 Å². The van der Waals surface area contributed by atoms with E-state index in [4.69, 9.17) is 16.3 Å². The van der Waals surface area contributed by atoms with Crippen LogP contribution < -0.4 is 5.32 Å². The molecule has 1 N–H and O–H groups in total. The number of thiophene rings is 2. The van der Waals surface area contributed by atoms with Gasteiger partial charge in [0.05, 0.1) is 11.1 Å². The quantitative estimate of drug-likeness (QED) is 0.630. The molecule has 0 aliphatic carbocycles. The van der Waals surface area contributed by atoms with Gasteiger partial charge in [-0.15, -0.1) is 22.7 Å². The Balaban J connectivity index is 1.62. The number of halogens is 2. The molecule has 1 atom stereocenters. The van der Waals surface area contributed by atoms with E-state index in [0.29, 0.717) is 10.1 Å². The van der Waals surface area contributed by atoms with Crippen LogP contribution in [0.5, 0.6) is 0 Å². The van der Waals surface area contributed by atoms with Crippen molar-refractivity contribution in [2.24, 2.45) is 0 Å². The van der Waals surface area contributed by atoms with Crippen molar-refractivity contribution in [2.45, 2.75) is 13.0 Å². The zero-order valence-electron chi connectivity index (χ0n) is 13.0. The largest absolute Gasteiger partial charge is 0.451 e. The van der Waals surface area contributed by atoms with Crippen LogP contribution in [0.4, 0.5) is 4.39 Å². The van der Waals surface area contributed by atoms with Gasteiger partial charge in [0.2, 0.25) is 0 Å². The predicted molar refractivity (Wildman–Crippen MR) is 98.0 cm³/mol. The van der Waals surface area contributed by atoms with E-state index in [-0.39, 0.29) is 15.9 Å². The number of ether oxygens (including phenoxy) is 1. The zero-order valence-corrected chi connectivity index (χ0v) is 15.4. The summed E-state index contributed by atoms with van der Waals surface area (Å²) in [7, 11) is 0. The fraction of sp³-hybridized carbons (Fsp3) is 0.176. The first kappa shape index (κ1) is 17.8. The average Bonchev–Trinajstić information content (AvgIpc) is 3.21. The Bertz CT molecular complexity index is 924. The molecule has 0 aliphatic heterocycles. The van der Waals surface area contributed by atoms with Crippen LogP contribution in [0.1, 0.15) is 27.5 Å². The molecule has 2 aromatic heterocycles. The van der Waals surface area contributed by atoms with Gasteiger partial charge in [0.1, 0.15) is 10.7 Å². The van der Waals surface area contributed by atoms with Crippen molar-refractivity contribution in [3.63, 3.8) is 0 Å². The SMILES string of the molecule is C[C@@H](NC(=O)COC(=O)c1sc2cc(F)ccc2c1Cl)c1cccs1. The lowest BCUT2D eigenvalue weighted by Crippen LogP contribution is -2.30. The number of fused-ring (bicyclic) bond motifs is 1. The second-order valence-corrected chi connectivity index (χ2v) is 7.68. The predicted octanol–water partition coefficient (Wildman–Crippen LogP) is 4.79. The molecule has 0 aliphatic rings. The van der Waals surface area contributed by atoms with Gasteiger partial charge in [-0.05, 0) is 36.6 Å². The van der Waals surface area contributed by atoms with Crippen LogP contribution in [-0.4, -0.2) is 18.5 Å². The molecular weight excluding hydrogens is 385 g/mol. The molecule has 0 saturated carbocycles. The lowest BCUT2D eigenvalue weighted by atomic mass is 10.2. The van der Waals surface area contributed by atoms with Gasteiger partial charge < -0.3 is 10.1 Å². The molecule has 8 heteroatoms. The Morgan fingerprint density at radius 1 is 1.36 bits per heavy atom. The fourth-order valence-corrected chi connectivity index (χ4v) is 4.42. The number of rotatable bonds is 5. The Morgan fingerprint density at radius 2 is 2.16 bits per heavy atom. The summed E-state index contributed by atoms with van der Waals surface area (Å²) in [6, 6.07) is 7.73. The molecular formula is C17H13ClFNO3S2. The molecule has 1 amide bonds. The molecule has 4 nitrogen and oxygen atoms in total. The van der Waals surface area contributed by atoms with E-state index >= 15 is 0 Å². The summed E-state index contributed by atoms with van der Waals surface area (Å²) < 4.78 is 18.8. The third kappa shape index (κ3) is 4.00.